The lowest BCUT2D eigenvalue weighted by Crippen LogP contribution is -2.49. The number of guanidine groups is 1. The predicted octanol–water partition coefficient (Wildman–Crippen LogP) is 2.20. The third-order valence-corrected chi connectivity index (χ3v) is 5.69. The molecular formula is C20H41N5. The third-order valence-electron chi connectivity index (χ3n) is 5.69. The van der Waals surface area contributed by atoms with E-state index in [0.717, 1.165) is 30.9 Å². The Balaban J connectivity index is 1.68. The first-order valence-corrected chi connectivity index (χ1v) is 10.4. The van der Waals surface area contributed by atoms with Gasteiger partial charge in [0.2, 0.25) is 0 Å². The van der Waals surface area contributed by atoms with Crippen LogP contribution >= 0.6 is 0 Å². The van der Waals surface area contributed by atoms with Crippen LogP contribution in [0, 0.1) is 17.8 Å². The van der Waals surface area contributed by atoms with Gasteiger partial charge in [-0.2, -0.15) is 0 Å². The summed E-state index contributed by atoms with van der Waals surface area (Å²) in [7, 11) is 1.92. The first kappa shape index (κ1) is 20.5. The van der Waals surface area contributed by atoms with Crippen LogP contribution in [0.3, 0.4) is 0 Å². The Bertz CT molecular complexity index is 401. The fraction of sp³-hybridized carbons (Fsp3) is 0.950. The lowest BCUT2D eigenvalue weighted by atomic mass is 9.97. The molecule has 0 spiro atoms. The van der Waals surface area contributed by atoms with Gasteiger partial charge >= 0.3 is 0 Å². The number of nitrogens with one attached hydrogen (secondary N) is 1. The van der Waals surface area contributed by atoms with E-state index in [4.69, 9.17) is 0 Å². The van der Waals surface area contributed by atoms with Crippen molar-refractivity contribution < 1.29 is 0 Å². The number of hydrogen-bond donors (Lipinski definition) is 1. The van der Waals surface area contributed by atoms with Crippen LogP contribution in [0.25, 0.3) is 0 Å². The largest absolute Gasteiger partial charge is 0.356 e. The Labute approximate surface area is 155 Å². The molecule has 25 heavy (non-hydrogen) atoms. The maximum Gasteiger partial charge on any atom is 0.193 e. The van der Waals surface area contributed by atoms with E-state index in [-0.39, 0.29) is 0 Å². The van der Waals surface area contributed by atoms with Crippen molar-refractivity contribution in [1.82, 2.24) is 20.0 Å². The van der Waals surface area contributed by atoms with Gasteiger partial charge in [-0.15, -0.1) is 0 Å². The summed E-state index contributed by atoms with van der Waals surface area (Å²) < 4.78 is 0. The Morgan fingerprint density at radius 1 is 1.08 bits per heavy atom. The highest BCUT2D eigenvalue weighted by molar-refractivity contribution is 5.80. The molecule has 146 valence electrons. The van der Waals surface area contributed by atoms with Gasteiger partial charge in [-0.25, -0.2) is 0 Å². The maximum atomic E-state index is 4.53. The molecule has 5 heteroatoms. The van der Waals surface area contributed by atoms with Gasteiger partial charge < -0.3 is 20.0 Å². The molecule has 0 bridgehead atoms. The topological polar surface area (TPSA) is 34.1 Å². The fourth-order valence-electron chi connectivity index (χ4n) is 4.28. The standard InChI is InChI=1S/C20H41N5/c1-6-23-9-11-24(12-10-23)15-18(4)14-22-20(21-5)25-8-7-19(16-25)13-17(2)3/h17-19H,6-16H2,1-5H3,(H,21,22). The summed E-state index contributed by atoms with van der Waals surface area (Å²) in [6, 6.07) is 0. The summed E-state index contributed by atoms with van der Waals surface area (Å²) in [5, 5.41) is 3.63. The van der Waals surface area contributed by atoms with Crippen molar-refractivity contribution in [3.8, 4) is 0 Å². The molecule has 0 saturated carbocycles. The molecule has 2 atom stereocenters. The van der Waals surface area contributed by atoms with E-state index in [0.29, 0.717) is 5.92 Å². The number of likely N-dealkylation sites (N-methyl/N-ethyl adjacent to an activating group) is 1. The van der Waals surface area contributed by atoms with E-state index in [9.17, 15) is 0 Å². The lowest BCUT2D eigenvalue weighted by Gasteiger charge is -2.35. The summed E-state index contributed by atoms with van der Waals surface area (Å²) in [6.45, 7) is 19.9. The molecule has 5 nitrogen and oxygen atoms in total. The number of hydrogen-bond acceptors (Lipinski definition) is 3. The highest BCUT2D eigenvalue weighted by Gasteiger charge is 2.25. The average Bonchev–Trinajstić information content (AvgIpc) is 3.03. The second-order valence-electron chi connectivity index (χ2n) is 8.50. The molecular weight excluding hydrogens is 310 g/mol. The van der Waals surface area contributed by atoms with Gasteiger partial charge in [0.1, 0.15) is 0 Å². The van der Waals surface area contributed by atoms with Crippen LogP contribution < -0.4 is 5.32 Å². The second-order valence-corrected chi connectivity index (χ2v) is 8.50. The van der Waals surface area contributed by atoms with Gasteiger partial charge in [-0.3, -0.25) is 4.99 Å². The lowest BCUT2D eigenvalue weighted by molar-refractivity contribution is 0.124. The van der Waals surface area contributed by atoms with Gasteiger partial charge in [0.25, 0.3) is 0 Å². The first-order valence-electron chi connectivity index (χ1n) is 10.4. The second kappa shape index (κ2) is 10.4. The smallest absolute Gasteiger partial charge is 0.193 e. The van der Waals surface area contributed by atoms with Crippen LogP contribution in [-0.4, -0.2) is 86.6 Å². The van der Waals surface area contributed by atoms with E-state index in [1.165, 1.54) is 58.7 Å². The number of piperazine rings is 1. The molecule has 1 N–H and O–H groups in total. The summed E-state index contributed by atoms with van der Waals surface area (Å²) in [4.78, 5) is 12.2. The van der Waals surface area contributed by atoms with Crippen molar-refractivity contribution >= 4 is 5.96 Å². The molecule has 2 aliphatic heterocycles. The van der Waals surface area contributed by atoms with Crippen molar-refractivity contribution in [3.63, 3.8) is 0 Å². The molecule has 2 fully saturated rings. The minimum atomic E-state index is 0.652. The summed E-state index contributed by atoms with van der Waals surface area (Å²) in [6.07, 6.45) is 2.66. The van der Waals surface area contributed by atoms with E-state index in [2.05, 4.69) is 52.7 Å². The van der Waals surface area contributed by atoms with E-state index in [1.54, 1.807) is 0 Å². The van der Waals surface area contributed by atoms with Crippen LogP contribution in [0.2, 0.25) is 0 Å². The van der Waals surface area contributed by atoms with Crippen LogP contribution in [0.1, 0.15) is 40.5 Å². The Morgan fingerprint density at radius 2 is 1.76 bits per heavy atom. The number of aliphatic imine (C=N–C) groups is 1. The van der Waals surface area contributed by atoms with Crippen LogP contribution in [0.15, 0.2) is 4.99 Å². The van der Waals surface area contributed by atoms with Crippen molar-refractivity contribution in [2.24, 2.45) is 22.7 Å². The molecule has 2 rings (SSSR count). The highest BCUT2D eigenvalue weighted by atomic mass is 15.3. The molecule has 0 amide bonds. The zero-order chi connectivity index (χ0) is 18.2. The van der Waals surface area contributed by atoms with Crippen LogP contribution in [-0.2, 0) is 0 Å². The summed E-state index contributed by atoms with van der Waals surface area (Å²) in [5.41, 5.74) is 0. The fourth-order valence-corrected chi connectivity index (χ4v) is 4.28. The zero-order valence-electron chi connectivity index (χ0n) is 17.3. The third kappa shape index (κ3) is 6.78. The molecule has 0 aliphatic carbocycles. The zero-order valence-corrected chi connectivity index (χ0v) is 17.3. The Hall–Kier alpha value is -0.810. The first-order chi connectivity index (χ1) is 12.0. The highest BCUT2D eigenvalue weighted by Crippen LogP contribution is 2.23. The van der Waals surface area contributed by atoms with Crippen LogP contribution in [0.5, 0.6) is 0 Å². The molecule has 0 aromatic rings. The quantitative estimate of drug-likeness (QED) is 0.563. The van der Waals surface area contributed by atoms with Gasteiger partial charge in [-0.05, 0) is 37.1 Å². The van der Waals surface area contributed by atoms with Gasteiger partial charge in [0.15, 0.2) is 5.96 Å². The van der Waals surface area contributed by atoms with Crippen molar-refractivity contribution in [2.75, 3.05) is 66.0 Å². The molecule has 2 heterocycles. The SMILES string of the molecule is CCN1CCN(CC(C)CNC(=NC)N2CCC(CC(C)C)C2)CC1. The van der Waals surface area contributed by atoms with Crippen LogP contribution in [0.4, 0.5) is 0 Å². The van der Waals surface area contributed by atoms with Gasteiger partial charge in [0.05, 0.1) is 0 Å². The van der Waals surface area contributed by atoms with E-state index < -0.39 is 0 Å². The minimum Gasteiger partial charge on any atom is -0.356 e. The number of rotatable bonds is 7. The molecule has 0 aromatic carbocycles. The van der Waals surface area contributed by atoms with E-state index >= 15 is 0 Å². The summed E-state index contributed by atoms with van der Waals surface area (Å²) >= 11 is 0. The van der Waals surface area contributed by atoms with Crippen molar-refractivity contribution in [2.45, 2.75) is 40.5 Å². The Kier molecular flexibility index (Phi) is 8.50. The summed E-state index contributed by atoms with van der Waals surface area (Å²) in [5.74, 6) is 3.40. The maximum absolute atomic E-state index is 4.53. The molecule has 0 radical (unpaired) electrons. The minimum absolute atomic E-state index is 0.652. The van der Waals surface area contributed by atoms with E-state index in [1.807, 2.05) is 7.05 Å². The van der Waals surface area contributed by atoms with Gasteiger partial charge in [0, 0.05) is 59.4 Å². The Morgan fingerprint density at radius 3 is 2.36 bits per heavy atom. The molecule has 2 aliphatic rings. The number of nitrogens with zero attached hydrogens (tertiary/aromatic N) is 4. The van der Waals surface area contributed by atoms with Crippen molar-refractivity contribution in [1.29, 1.82) is 0 Å². The molecule has 2 saturated heterocycles. The average molecular weight is 352 g/mol. The van der Waals surface area contributed by atoms with Crippen molar-refractivity contribution in [3.05, 3.63) is 0 Å². The monoisotopic (exact) mass is 351 g/mol. The number of likely N-dealkylation sites (tertiary alicyclic amines) is 1. The molecule has 0 aromatic heterocycles. The predicted molar refractivity (Wildman–Crippen MR) is 108 cm³/mol. The molecule has 2 unspecified atom stereocenters. The van der Waals surface area contributed by atoms with Gasteiger partial charge in [-0.1, -0.05) is 27.7 Å². The normalized spacial score (nSPS) is 25.0.